The number of ether oxygens (including phenoxy) is 2. The van der Waals surface area contributed by atoms with Gasteiger partial charge in [-0.15, -0.1) is 0 Å². The van der Waals surface area contributed by atoms with Crippen LogP contribution in [0.4, 0.5) is 4.39 Å². The summed E-state index contributed by atoms with van der Waals surface area (Å²) in [5, 5.41) is 5.63. The number of nitrogens with zero attached hydrogens (tertiary/aromatic N) is 4. The molecule has 4 aromatic rings. The minimum absolute atomic E-state index is 0.000647. The summed E-state index contributed by atoms with van der Waals surface area (Å²) in [4.78, 5) is 9.95. The van der Waals surface area contributed by atoms with E-state index in [1.54, 1.807) is 24.1 Å². The van der Waals surface area contributed by atoms with Crippen LogP contribution in [-0.4, -0.2) is 78.4 Å². The van der Waals surface area contributed by atoms with E-state index in [1.807, 2.05) is 63.2 Å². The zero-order valence-electron chi connectivity index (χ0n) is 35.5. The molecule has 304 valence electrons. The molecule has 10 nitrogen and oxygen atoms in total. The Hall–Kier alpha value is -2.86. The molecule has 1 aromatic carbocycles. The van der Waals surface area contributed by atoms with Crippen molar-refractivity contribution in [1.82, 2.24) is 24.5 Å². The first kappa shape index (κ1) is 44.9. The van der Waals surface area contributed by atoms with E-state index in [0.717, 1.165) is 22.2 Å². The van der Waals surface area contributed by atoms with Gasteiger partial charge >= 0.3 is 0 Å². The minimum atomic E-state index is -2.09. The van der Waals surface area contributed by atoms with Gasteiger partial charge in [-0.05, 0) is 93.4 Å². The molecule has 0 amide bonds. The van der Waals surface area contributed by atoms with Crippen molar-refractivity contribution in [2.45, 2.75) is 129 Å². The summed E-state index contributed by atoms with van der Waals surface area (Å²) < 4.78 is 58.4. The number of fused-ring (bicyclic) bond motifs is 1. The summed E-state index contributed by atoms with van der Waals surface area (Å²) in [5.74, 6) is 1.25. The van der Waals surface area contributed by atoms with Gasteiger partial charge in [0, 0.05) is 25.7 Å². The van der Waals surface area contributed by atoms with Crippen LogP contribution in [0.25, 0.3) is 28.0 Å². The normalized spacial score (nSPS) is 15.0. The second kappa shape index (κ2) is 17.7. The molecule has 0 aliphatic rings. The van der Waals surface area contributed by atoms with Crippen molar-refractivity contribution in [3.05, 3.63) is 66.1 Å². The number of alkyl halides is 1. The molecule has 0 saturated carbocycles. The van der Waals surface area contributed by atoms with E-state index in [-0.39, 0.29) is 23.1 Å². The van der Waals surface area contributed by atoms with Gasteiger partial charge in [0.1, 0.15) is 18.5 Å². The minimum Gasteiger partial charge on any atom is -0.490 e. The van der Waals surface area contributed by atoms with Crippen LogP contribution in [0.1, 0.15) is 86.2 Å². The fourth-order valence-corrected chi connectivity index (χ4v) is 7.98. The molecule has 3 atom stereocenters. The predicted octanol–water partition coefficient (Wildman–Crippen LogP) is 9.87. The number of methoxy groups -OCH3 is 1. The summed E-state index contributed by atoms with van der Waals surface area (Å²) >= 11 is 0. The van der Waals surface area contributed by atoms with Crippen molar-refractivity contribution in [3.63, 3.8) is 0 Å². The molecule has 3 aromatic heterocycles. The third-order valence-corrected chi connectivity index (χ3v) is 21.4. The second-order valence-electron chi connectivity index (χ2n) is 18.2. The maximum atomic E-state index is 16.4. The van der Waals surface area contributed by atoms with Crippen molar-refractivity contribution in [3.8, 4) is 22.8 Å². The Bertz CT molecular complexity index is 1920. The number of nitrogens with one attached hydrogen (secondary N) is 1. The fraction of sp³-hybridized carbons (Fsp3) is 0.585. The van der Waals surface area contributed by atoms with E-state index in [4.69, 9.17) is 33.4 Å². The SMILES string of the molecule is COCCOc1cc(-c2cccc([C@@H](NS(=O)C(C)(C)C)C(F)CCO[Si](C)(C)C(C)(C)C)n2)cc2c1cnn2-c1cccc(CO[Si](C)(C)C(C)(C)C)n1. The standard InChI is InChI=1S/C41H64FN5O5SSi2/c1-39(2,3)53(48)46-38(32(42)21-22-51-54(11,12)40(4,5)6)34-19-16-18-33(45-34)29-25-35-31(36(26-29)50-24-23-49-10)27-43-47(35)37-20-15-17-30(44-37)28-52-55(13,14)41(7,8)9/h15-20,25-27,32,38,46H,21-24,28H2,1-14H3/t32?,38-,53?/m0/s1. The van der Waals surface area contributed by atoms with Crippen LogP contribution in [-0.2, 0) is 31.2 Å². The lowest BCUT2D eigenvalue weighted by Crippen LogP contribution is -2.42. The van der Waals surface area contributed by atoms with Gasteiger partial charge < -0.3 is 18.3 Å². The van der Waals surface area contributed by atoms with Gasteiger partial charge in [-0.1, -0.05) is 53.7 Å². The second-order valence-corrected chi connectivity index (χ2v) is 29.8. The zero-order chi connectivity index (χ0) is 41.0. The van der Waals surface area contributed by atoms with Crippen LogP contribution >= 0.6 is 0 Å². The molecule has 0 fully saturated rings. The smallest absolute Gasteiger partial charge is 0.192 e. The monoisotopic (exact) mass is 813 g/mol. The molecular weight excluding hydrogens is 750 g/mol. The van der Waals surface area contributed by atoms with Gasteiger partial charge in [0.05, 0.1) is 69.2 Å². The number of pyridine rings is 2. The third-order valence-electron chi connectivity index (χ3n) is 10.8. The Morgan fingerprint density at radius 1 is 0.855 bits per heavy atom. The highest BCUT2D eigenvalue weighted by Crippen LogP contribution is 2.39. The van der Waals surface area contributed by atoms with Crippen LogP contribution in [0.15, 0.2) is 54.7 Å². The lowest BCUT2D eigenvalue weighted by atomic mass is 10.0. The average Bonchev–Trinajstić information content (AvgIpc) is 3.53. The first-order valence-corrected chi connectivity index (χ1v) is 26.1. The highest BCUT2D eigenvalue weighted by Gasteiger charge is 2.38. The molecule has 0 spiro atoms. The average molecular weight is 814 g/mol. The van der Waals surface area contributed by atoms with E-state index in [9.17, 15) is 4.21 Å². The van der Waals surface area contributed by atoms with E-state index in [2.05, 4.69) is 72.5 Å². The van der Waals surface area contributed by atoms with E-state index >= 15 is 4.39 Å². The molecule has 2 unspecified atom stereocenters. The van der Waals surface area contributed by atoms with E-state index < -0.39 is 44.6 Å². The fourth-order valence-electron chi connectivity index (χ4n) is 5.12. The lowest BCUT2D eigenvalue weighted by Gasteiger charge is -2.36. The highest BCUT2D eigenvalue weighted by atomic mass is 32.2. The molecule has 55 heavy (non-hydrogen) atoms. The highest BCUT2D eigenvalue weighted by molar-refractivity contribution is 7.84. The summed E-state index contributed by atoms with van der Waals surface area (Å²) in [5.41, 5.74) is 3.37. The van der Waals surface area contributed by atoms with Gasteiger partial charge in [0.2, 0.25) is 0 Å². The summed E-state index contributed by atoms with van der Waals surface area (Å²) in [6.45, 7) is 28.9. The summed E-state index contributed by atoms with van der Waals surface area (Å²) in [7, 11) is -4.00. The van der Waals surface area contributed by atoms with E-state index in [0.29, 0.717) is 42.8 Å². The van der Waals surface area contributed by atoms with Crippen LogP contribution < -0.4 is 9.46 Å². The molecule has 0 aliphatic heterocycles. The molecule has 0 radical (unpaired) electrons. The van der Waals surface area contributed by atoms with Crippen LogP contribution in [0, 0.1) is 0 Å². The van der Waals surface area contributed by atoms with Crippen LogP contribution in [0.3, 0.4) is 0 Å². The van der Waals surface area contributed by atoms with Crippen molar-refractivity contribution in [2.24, 2.45) is 0 Å². The summed E-state index contributed by atoms with van der Waals surface area (Å²) in [6, 6.07) is 14.3. The Morgan fingerprint density at radius 3 is 2.15 bits per heavy atom. The molecule has 0 saturated heterocycles. The van der Waals surface area contributed by atoms with Gasteiger partial charge in [-0.2, -0.15) is 5.10 Å². The van der Waals surface area contributed by atoms with Gasteiger partial charge in [-0.3, -0.25) is 4.98 Å². The number of rotatable bonds is 17. The van der Waals surface area contributed by atoms with Gasteiger partial charge in [0.15, 0.2) is 22.5 Å². The van der Waals surface area contributed by atoms with Crippen LogP contribution in [0.2, 0.25) is 36.3 Å². The number of hydrogen-bond donors (Lipinski definition) is 1. The van der Waals surface area contributed by atoms with Crippen LogP contribution in [0.5, 0.6) is 5.75 Å². The first-order chi connectivity index (χ1) is 25.4. The Morgan fingerprint density at radius 2 is 1.51 bits per heavy atom. The number of hydrogen-bond acceptors (Lipinski definition) is 8. The van der Waals surface area contributed by atoms with Gasteiger partial charge in [-0.25, -0.2) is 23.0 Å². The Balaban J connectivity index is 1.75. The number of aromatic nitrogens is 4. The zero-order valence-corrected chi connectivity index (χ0v) is 38.3. The molecule has 0 aliphatic carbocycles. The Labute approximate surface area is 333 Å². The van der Waals surface area contributed by atoms with Crippen molar-refractivity contribution in [2.75, 3.05) is 26.9 Å². The molecule has 14 heteroatoms. The van der Waals surface area contributed by atoms with Crippen molar-refractivity contribution in [1.29, 1.82) is 0 Å². The molecule has 3 heterocycles. The largest absolute Gasteiger partial charge is 0.490 e. The Kier molecular flexibility index (Phi) is 14.5. The molecule has 1 N–H and O–H groups in total. The maximum Gasteiger partial charge on any atom is 0.192 e. The first-order valence-electron chi connectivity index (χ1n) is 19.1. The number of halogens is 1. The number of benzene rings is 1. The lowest BCUT2D eigenvalue weighted by molar-refractivity contribution is 0.147. The van der Waals surface area contributed by atoms with E-state index in [1.165, 1.54) is 0 Å². The van der Waals surface area contributed by atoms with Crippen molar-refractivity contribution >= 4 is 38.5 Å². The molecular formula is C41H64FN5O5SSi2. The third kappa shape index (κ3) is 11.4. The van der Waals surface area contributed by atoms with Crippen molar-refractivity contribution < 1.29 is 26.9 Å². The van der Waals surface area contributed by atoms with Gasteiger partial charge in [0.25, 0.3) is 0 Å². The maximum absolute atomic E-state index is 16.4. The topological polar surface area (TPSA) is 110 Å². The summed E-state index contributed by atoms with van der Waals surface area (Å²) in [6.07, 6.45) is 0.495. The predicted molar refractivity (Wildman–Crippen MR) is 228 cm³/mol. The quantitative estimate of drug-likeness (QED) is 0.0829. The molecule has 0 bridgehead atoms. The molecule has 4 rings (SSSR count).